The number of hydrogen-bond donors (Lipinski definition) is 2. The van der Waals surface area contributed by atoms with Crippen molar-refractivity contribution in [2.24, 2.45) is 0 Å². The molecule has 9 nitrogen and oxygen atoms in total. The van der Waals surface area contributed by atoms with E-state index in [0.29, 0.717) is 54.4 Å². The second-order valence-corrected chi connectivity index (χ2v) is 8.81. The number of benzene rings is 2. The van der Waals surface area contributed by atoms with Crippen LogP contribution in [0.1, 0.15) is 47.3 Å². The van der Waals surface area contributed by atoms with Crippen LogP contribution in [-0.2, 0) is 16.0 Å². The van der Waals surface area contributed by atoms with E-state index in [1.807, 2.05) is 6.07 Å². The third-order valence-corrected chi connectivity index (χ3v) is 6.36. The van der Waals surface area contributed by atoms with Crippen LogP contribution in [0.4, 0.5) is 4.39 Å². The lowest BCUT2D eigenvalue weighted by Crippen LogP contribution is -2.50. The first-order chi connectivity index (χ1) is 17.3. The summed E-state index contributed by atoms with van der Waals surface area (Å²) in [5.41, 5.74) is 0.960. The van der Waals surface area contributed by atoms with E-state index in [0.717, 1.165) is 0 Å². The van der Waals surface area contributed by atoms with Gasteiger partial charge in [-0.25, -0.2) is 9.49 Å². The van der Waals surface area contributed by atoms with Gasteiger partial charge in [-0.3, -0.25) is 19.2 Å². The minimum Gasteiger partial charge on any atom is -0.481 e. The standard InChI is InChI=1S/C26H27FN4O5/c27-21-10-9-17(16-22-18-5-1-2-6-19(18)25(35)29-28-22)15-20(21)26(36)31-13-11-30(12-14-31)23(32)7-3-4-8-24(33)34/h1-2,5-6,9-10,15H,3-4,7-8,11-14,16H2,(H,29,35)(H,33,34). The third kappa shape index (κ3) is 5.76. The number of carboxylic acid groups (broad SMARTS) is 1. The maximum atomic E-state index is 14.6. The van der Waals surface area contributed by atoms with Crippen molar-refractivity contribution in [1.29, 1.82) is 0 Å². The van der Waals surface area contributed by atoms with Crippen LogP contribution >= 0.6 is 0 Å². The Balaban J connectivity index is 1.40. The molecule has 10 heteroatoms. The van der Waals surface area contributed by atoms with Gasteiger partial charge in [0.05, 0.1) is 16.6 Å². The quantitative estimate of drug-likeness (QED) is 0.464. The minimum atomic E-state index is -0.880. The van der Waals surface area contributed by atoms with Crippen molar-refractivity contribution in [3.05, 3.63) is 75.5 Å². The van der Waals surface area contributed by atoms with Gasteiger partial charge >= 0.3 is 5.97 Å². The number of unbranched alkanes of at least 4 members (excludes halogenated alkanes) is 1. The highest BCUT2D eigenvalue weighted by molar-refractivity contribution is 5.95. The number of H-pyrrole nitrogens is 1. The molecule has 1 fully saturated rings. The van der Waals surface area contributed by atoms with Gasteiger partial charge in [0.15, 0.2) is 0 Å². The van der Waals surface area contributed by atoms with Crippen molar-refractivity contribution in [1.82, 2.24) is 20.0 Å². The van der Waals surface area contributed by atoms with Crippen LogP contribution in [0.3, 0.4) is 0 Å². The molecule has 1 aliphatic rings. The Hall–Kier alpha value is -4.08. The second-order valence-electron chi connectivity index (χ2n) is 8.81. The molecule has 2 aromatic carbocycles. The molecule has 1 aromatic heterocycles. The molecular formula is C26H27FN4O5. The first-order valence-corrected chi connectivity index (χ1v) is 11.9. The van der Waals surface area contributed by atoms with Crippen molar-refractivity contribution in [2.75, 3.05) is 26.2 Å². The Morgan fingerprint density at radius 3 is 2.33 bits per heavy atom. The molecule has 36 heavy (non-hydrogen) atoms. The van der Waals surface area contributed by atoms with Crippen molar-refractivity contribution >= 4 is 28.6 Å². The predicted octanol–water partition coefficient (Wildman–Crippen LogP) is 2.58. The highest BCUT2D eigenvalue weighted by Crippen LogP contribution is 2.20. The molecule has 0 bridgehead atoms. The van der Waals surface area contributed by atoms with E-state index in [1.54, 1.807) is 29.2 Å². The minimum absolute atomic E-state index is 0.0364. The van der Waals surface area contributed by atoms with E-state index in [2.05, 4.69) is 10.2 Å². The van der Waals surface area contributed by atoms with Gasteiger partial charge < -0.3 is 14.9 Å². The Morgan fingerprint density at radius 1 is 0.944 bits per heavy atom. The number of aromatic nitrogens is 2. The molecule has 0 radical (unpaired) electrons. The number of carboxylic acids is 1. The van der Waals surface area contributed by atoms with Gasteiger partial charge in [0.1, 0.15) is 5.82 Å². The van der Waals surface area contributed by atoms with Crippen LogP contribution in [0.5, 0.6) is 0 Å². The Bertz CT molecular complexity index is 1350. The van der Waals surface area contributed by atoms with Crippen LogP contribution in [0.15, 0.2) is 47.3 Å². The zero-order valence-electron chi connectivity index (χ0n) is 19.7. The Morgan fingerprint density at radius 2 is 1.61 bits per heavy atom. The third-order valence-electron chi connectivity index (χ3n) is 6.36. The van der Waals surface area contributed by atoms with Gasteiger partial charge in [0.2, 0.25) is 5.91 Å². The monoisotopic (exact) mass is 494 g/mol. The number of nitrogens with zero attached hydrogens (tertiary/aromatic N) is 3. The number of rotatable bonds is 8. The summed E-state index contributed by atoms with van der Waals surface area (Å²) >= 11 is 0. The Labute approximate surface area is 206 Å². The number of aliphatic carboxylic acids is 1. The van der Waals surface area contributed by atoms with E-state index >= 15 is 0 Å². The topological polar surface area (TPSA) is 124 Å². The molecule has 0 unspecified atom stereocenters. The number of fused-ring (bicyclic) bond motifs is 1. The maximum absolute atomic E-state index is 14.6. The van der Waals surface area contributed by atoms with Gasteiger partial charge in [-0.1, -0.05) is 24.3 Å². The molecule has 1 aliphatic heterocycles. The summed E-state index contributed by atoms with van der Waals surface area (Å²) < 4.78 is 14.6. The molecular weight excluding hydrogens is 467 g/mol. The molecule has 2 heterocycles. The van der Waals surface area contributed by atoms with Crippen molar-refractivity contribution in [3.8, 4) is 0 Å². The average Bonchev–Trinajstić information content (AvgIpc) is 2.89. The maximum Gasteiger partial charge on any atom is 0.303 e. The SMILES string of the molecule is O=C(O)CCCCC(=O)N1CCN(C(=O)c2cc(Cc3n[nH]c(=O)c4ccccc34)ccc2F)CC1. The van der Waals surface area contributed by atoms with Crippen LogP contribution in [0, 0.1) is 5.82 Å². The molecule has 2 N–H and O–H groups in total. The van der Waals surface area contributed by atoms with Gasteiger partial charge in [-0.2, -0.15) is 5.10 Å². The van der Waals surface area contributed by atoms with Gasteiger partial charge in [-0.05, 0) is 36.6 Å². The fraction of sp³-hybridized carbons (Fsp3) is 0.346. The molecule has 4 rings (SSSR count). The predicted molar refractivity (Wildman–Crippen MR) is 130 cm³/mol. The highest BCUT2D eigenvalue weighted by Gasteiger charge is 2.26. The fourth-order valence-electron chi connectivity index (χ4n) is 4.39. The highest BCUT2D eigenvalue weighted by atomic mass is 19.1. The summed E-state index contributed by atoms with van der Waals surface area (Å²) in [5.74, 6) is -2.02. The summed E-state index contributed by atoms with van der Waals surface area (Å²) in [6, 6.07) is 11.5. The molecule has 0 spiro atoms. The summed E-state index contributed by atoms with van der Waals surface area (Å²) in [7, 11) is 0. The van der Waals surface area contributed by atoms with Crippen LogP contribution in [-0.4, -0.2) is 69.1 Å². The lowest BCUT2D eigenvalue weighted by Gasteiger charge is -2.35. The number of amides is 2. The molecule has 0 aliphatic carbocycles. The fourth-order valence-corrected chi connectivity index (χ4v) is 4.39. The van der Waals surface area contributed by atoms with Crippen molar-refractivity contribution < 1.29 is 23.9 Å². The zero-order chi connectivity index (χ0) is 25.7. The van der Waals surface area contributed by atoms with Gasteiger partial charge in [0, 0.05) is 50.8 Å². The summed E-state index contributed by atoms with van der Waals surface area (Å²) in [6.07, 6.45) is 1.56. The van der Waals surface area contributed by atoms with Gasteiger partial charge in [-0.15, -0.1) is 0 Å². The van der Waals surface area contributed by atoms with Crippen LogP contribution in [0.2, 0.25) is 0 Å². The number of piperazine rings is 1. The summed E-state index contributed by atoms with van der Waals surface area (Å²) in [6.45, 7) is 1.27. The van der Waals surface area contributed by atoms with E-state index in [-0.39, 0.29) is 43.0 Å². The normalized spacial score (nSPS) is 13.7. The molecule has 0 atom stereocenters. The number of halogens is 1. The van der Waals surface area contributed by atoms with Gasteiger partial charge in [0.25, 0.3) is 11.5 Å². The van der Waals surface area contributed by atoms with E-state index in [9.17, 15) is 23.6 Å². The lowest BCUT2D eigenvalue weighted by atomic mass is 10.0. The van der Waals surface area contributed by atoms with E-state index < -0.39 is 17.7 Å². The van der Waals surface area contributed by atoms with Crippen LogP contribution in [0.25, 0.3) is 10.8 Å². The van der Waals surface area contributed by atoms with Crippen LogP contribution < -0.4 is 5.56 Å². The zero-order valence-corrected chi connectivity index (χ0v) is 19.7. The number of nitrogens with one attached hydrogen (secondary N) is 1. The Kier molecular flexibility index (Phi) is 7.72. The molecule has 3 aromatic rings. The molecule has 1 saturated heterocycles. The van der Waals surface area contributed by atoms with Crippen molar-refractivity contribution in [2.45, 2.75) is 32.1 Å². The van der Waals surface area contributed by atoms with E-state index in [4.69, 9.17) is 5.11 Å². The number of hydrogen-bond acceptors (Lipinski definition) is 5. The number of carbonyl (C=O) groups excluding carboxylic acids is 2. The molecule has 0 saturated carbocycles. The average molecular weight is 495 g/mol. The first-order valence-electron chi connectivity index (χ1n) is 11.9. The summed E-state index contributed by atoms with van der Waals surface area (Å²) in [4.78, 5) is 51.3. The largest absolute Gasteiger partial charge is 0.481 e. The number of aromatic amines is 1. The van der Waals surface area contributed by atoms with Crippen molar-refractivity contribution in [3.63, 3.8) is 0 Å². The lowest BCUT2D eigenvalue weighted by molar-refractivity contribution is -0.137. The summed E-state index contributed by atoms with van der Waals surface area (Å²) in [5, 5.41) is 16.5. The first kappa shape index (κ1) is 25.0. The van der Waals surface area contributed by atoms with E-state index in [1.165, 1.54) is 17.0 Å². The smallest absolute Gasteiger partial charge is 0.303 e. The molecule has 188 valence electrons. The molecule has 2 amide bonds. The second kappa shape index (κ2) is 11.1. The number of carbonyl (C=O) groups is 3.